The van der Waals surface area contributed by atoms with Crippen molar-refractivity contribution in [3.63, 3.8) is 0 Å². The fraction of sp³-hybridized carbons (Fsp3) is 0.357. The molecule has 106 valence electrons. The van der Waals surface area contributed by atoms with Crippen molar-refractivity contribution in [1.29, 1.82) is 0 Å². The molecule has 0 bridgehead atoms. The van der Waals surface area contributed by atoms with Crippen LogP contribution in [0.2, 0.25) is 0 Å². The molecule has 4 nitrogen and oxygen atoms in total. The molecule has 0 radical (unpaired) electrons. The van der Waals surface area contributed by atoms with E-state index >= 15 is 0 Å². The lowest BCUT2D eigenvalue weighted by atomic mass is 10.1. The average Bonchev–Trinajstić information content (AvgIpc) is 2.75. The SMILES string of the molecule is CCc1nn(CC)c(CC(=O)c2ccncc2F)c1Br. The predicted octanol–water partition coefficient (Wildman–Crippen LogP) is 3.19. The highest BCUT2D eigenvalue weighted by molar-refractivity contribution is 9.10. The lowest BCUT2D eigenvalue weighted by molar-refractivity contribution is 0.0986. The number of carbonyl (C=O) groups excluding carboxylic acids is 1. The van der Waals surface area contributed by atoms with Gasteiger partial charge in [-0.3, -0.25) is 14.5 Å². The fourth-order valence-corrected chi connectivity index (χ4v) is 2.74. The van der Waals surface area contributed by atoms with Crippen LogP contribution in [0.4, 0.5) is 4.39 Å². The highest BCUT2D eigenvalue weighted by Crippen LogP contribution is 2.24. The predicted molar refractivity (Wildman–Crippen MR) is 77.2 cm³/mol. The smallest absolute Gasteiger partial charge is 0.171 e. The van der Waals surface area contributed by atoms with Gasteiger partial charge in [0.25, 0.3) is 0 Å². The Morgan fingerprint density at radius 1 is 1.45 bits per heavy atom. The van der Waals surface area contributed by atoms with Gasteiger partial charge in [-0.2, -0.15) is 5.10 Å². The molecule has 20 heavy (non-hydrogen) atoms. The van der Waals surface area contributed by atoms with Crippen molar-refractivity contribution in [1.82, 2.24) is 14.8 Å². The Morgan fingerprint density at radius 3 is 2.80 bits per heavy atom. The Labute approximate surface area is 125 Å². The molecule has 0 aromatic carbocycles. The van der Waals surface area contributed by atoms with Crippen molar-refractivity contribution >= 4 is 21.7 Å². The van der Waals surface area contributed by atoms with Gasteiger partial charge in [0.2, 0.25) is 0 Å². The fourth-order valence-electron chi connectivity index (χ4n) is 2.03. The topological polar surface area (TPSA) is 47.8 Å². The Morgan fingerprint density at radius 2 is 2.20 bits per heavy atom. The number of rotatable bonds is 5. The molecular weight excluding hydrogens is 325 g/mol. The van der Waals surface area contributed by atoms with Crippen LogP contribution in [0.15, 0.2) is 22.9 Å². The summed E-state index contributed by atoms with van der Waals surface area (Å²) in [4.78, 5) is 15.9. The second kappa shape index (κ2) is 6.26. The number of ketones is 1. The second-order valence-electron chi connectivity index (χ2n) is 4.33. The van der Waals surface area contributed by atoms with Crippen LogP contribution < -0.4 is 0 Å². The number of aromatic nitrogens is 3. The molecule has 0 fully saturated rings. The van der Waals surface area contributed by atoms with Crippen molar-refractivity contribution in [3.8, 4) is 0 Å². The van der Waals surface area contributed by atoms with Crippen LogP contribution in [0.5, 0.6) is 0 Å². The number of pyridine rings is 1. The van der Waals surface area contributed by atoms with Gasteiger partial charge in [-0.1, -0.05) is 6.92 Å². The van der Waals surface area contributed by atoms with Gasteiger partial charge in [-0.15, -0.1) is 0 Å². The molecule has 0 N–H and O–H groups in total. The van der Waals surface area contributed by atoms with E-state index in [9.17, 15) is 9.18 Å². The van der Waals surface area contributed by atoms with Crippen LogP contribution >= 0.6 is 15.9 Å². The molecule has 0 spiro atoms. The van der Waals surface area contributed by atoms with Gasteiger partial charge < -0.3 is 0 Å². The molecule has 2 aromatic heterocycles. The molecule has 2 aromatic rings. The molecule has 0 saturated carbocycles. The van der Waals surface area contributed by atoms with E-state index in [1.165, 1.54) is 12.3 Å². The summed E-state index contributed by atoms with van der Waals surface area (Å²) in [7, 11) is 0. The minimum atomic E-state index is -0.591. The van der Waals surface area contributed by atoms with Crippen molar-refractivity contribution in [2.24, 2.45) is 0 Å². The third-order valence-corrected chi connectivity index (χ3v) is 4.01. The molecule has 0 saturated heterocycles. The summed E-state index contributed by atoms with van der Waals surface area (Å²) in [6.07, 6.45) is 3.36. The number of hydrogen-bond donors (Lipinski definition) is 0. The molecule has 0 unspecified atom stereocenters. The van der Waals surface area contributed by atoms with Gasteiger partial charge in [-0.25, -0.2) is 4.39 Å². The zero-order chi connectivity index (χ0) is 14.7. The van der Waals surface area contributed by atoms with E-state index in [0.717, 1.165) is 28.5 Å². The number of aryl methyl sites for hydroxylation is 2. The first-order chi connectivity index (χ1) is 9.58. The van der Waals surface area contributed by atoms with E-state index in [4.69, 9.17) is 0 Å². The molecule has 2 heterocycles. The Bertz CT molecular complexity index is 639. The lowest BCUT2D eigenvalue weighted by Gasteiger charge is -2.05. The second-order valence-corrected chi connectivity index (χ2v) is 5.13. The molecule has 0 aliphatic rings. The van der Waals surface area contributed by atoms with Gasteiger partial charge in [0.1, 0.15) is 0 Å². The number of halogens is 2. The maximum Gasteiger partial charge on any atom is 0.171 e. The van der Waals surface area contributed by atoms with Gasteiger partial charge in [-0.05, 0) is 35.3 Å². The monoisotopic (exact) mass is 339 g/mol. The summed E-state index contributed by atoms with van der Waals surface area (Å²) in [6.45, 7) is 4.63. The summed E-state index contributed by atoms with van der Waals surface area (Å²) in [6, 6.07) is 1.40. The van der Waals surface area contributed by atoms with Crippen LogP contribution in [0.25, 0.3) is 0 Å². The molecule has 0 aliphatic carbocycles. The van der Waals surface area contributed by atoms with Crippen LogP contribution in [0, 0.1) is 5.82 Å². The standard InChI is InChI=1S/C14H15BrFN3O/c1-3-11-14(15)12(19(4-2)18-11)7-13(20)9-5-6-17-8-10(9)16/h5-6,8H,3-4,7H2,1-2H3. The molecule has 6 heteroatoms. The molecular formula is C14H15BrFN3O. The number of hydrogen-bond acceptors (Lipinski definition) is 3. The number of nitrogens with zero attached hydrogens (tertiary/aromatic N) is 3. The van der Waals surface area contributed by atoms with E-state index in [1.54, 1.807) is 4.68 Å². The zero-order valence-corrected chi connectivity index (χ0v) is 12.9. The molecule has 0 amide bonds. The van der Waals surface area contributed by atoms with Crippen molar-refractivity contribution < 1.29 is 9.18 Å². The van der Waals surface area contributed by atoms with Gasteiger partial charge in [0.05, 0.1) is 34.0 Å². The maximum absolute atomic E-state index is 13.6. The normalized spacial score (nSPS) is 10.8. The number of carbonyl (C=O) groups is 1. The van der Waals surface area contributed by atoms with Crippen LogP contribution in [-0.4, -0.2) is 20.5 Å². The summed E-state index contributed by atoms with van der Waals surface area (Å²) < 4.78 is 16.2. The minimum Gasteiger partial charge on any atom is -0.294 e. The Balaban J connectivity index is 2.33. The van der Waals surface area contributed by atoms with E-state index in [2.05, 4.69) is 26.0 Å². The third kappa shape index (κ3) is 2.80. The highest BCUT2D eigenvalue weighted by Gasteiger charge is 2.19. The van der Waals surface area contributed by atoms with Crippen LogP contribution in [0.1, 0.15) is 35.6 Å². The summed E-state index contributed by atoms with van der Waals surface area (Å²) in [5.74, 6) is -0.866. The van der Waals surface area contributed by atoms with E-state index in [1.807, 2.05) is 13.8 Å². The summed E-state index contributed by atoms with van der Waals surface area (Å²) in [5, 5.41) is 4.43. The molecule has 2 rings (SSSR count). The Kier molecular flexibility index (Phi) is 4.65. The highest BCUT2D eigenvalue weighted by atomic mass is 79.9. The third-order valence-electron chi connectivity index (χ3n) is 3.10. The van der Waals surface area contributed by atoms with E-state index in [0.29, 0.717) is 6.54 Å². The first-order valence-electron chi connectivity index (χ1n) is 6.45. The minimum absolute atomic E-state index is 0.0637. The van der Waals surface area contributed by atoms with Crippen molar-refractivity contribution in [2.75, 3.05) is 0 Å². The van der Waals surface area contributed by atoms with Gasteiger partial charge in [0.15, 0.2) is 11.6 Å². The van der Waals surface area contributed by atoms with Crippen molar-refractivity contribution in [2.45, 2.75) is 33.2 Å². The van der Waals surface area contributed by atoms with Gasteiger partial charge >= 0.3 is 0 Å². The first kappa shape index (κ1) is 14.8. The largest absolute Gasteiger partial charge is 0.294 e. The molecule has 0 aliphatic heterocycles. The summed E-state index contributed by atoms with van der Waals surface area (Å²) >= 11 is 3.48. The number of Topliss-reactive ketones (excluding diaryl/α,β-unsaturated/α-hetero) is 1. The lowest BCUT2D eigenvalue weighted by Crippen LogP contribution is -2.11. The van der Waals surface area contributed by atoms with Crippen LogP contribution in [-0.2, 0) is 19.4 Å². The zero-order valence-electron chi connectivity index (χ0n) is 11.4. The van der Waals surface area contributed by atoms with Crippen molar-refractivity contribution in [3.05, 3.63) is 45.7 Å². The van der Waals surface area contributed by atoms with Gasteiger partial charge in [0, 0.05) is 12.7 Å². The first-order valence-corrected chi connectivity index (χ1v) is 7.24. The Hall–Kier alpha value is -1.56. The van der Waals surface area contributed by atoms with Crippen LogP contribution in [0.3, 0.4) is 0 Å². The maximum atomic E-state index is 13.6. The average molecular weight is 340 g/mol. The van der Waals surface area contributed by atoms with E-state index < -0.39 is 5.82 Å². The van der Waals surface area contributed by atoms with E-state index in [-0.39, 0.29) is 17.8 Å². The molecule has 0 atom stereocenters. The summed E-state index contributed by atoms with van der Waals surface area (Å²) in [5.41, 5.74) is 1.75. The quantitative estimate of drug-likeness (QED) is 0.786.